The molecule has 1 aromatic heterocycles. The maximum atomic E-state index is 12.7. The number of amides is 1. The highest BCUT2D eigenvalue weighted by molar-refractivity contribution is 5.95. The van der Waals surface area contributed by atoms with Crippen LogP contribution in [0.1, 0.15) is 48.8 Å². The number of anilines is 1. The Morgan fingerprint density at radius 3 is 2.67 bits per heavy atom. The van der Waals surface area contributed by atoms with Crippen LogP contribution in [0.4, 0.5) is 11.4 Å². The Kier molecular flexibility index (Phi) is 5.69. The van der Waals surface area contributed by atoms with Gasteiger partial charge in [-0.05, 0) is 49.9 Å². The average Bonchev–Trinajstić information content (AvgIpc) is 2.69. The summed E-state index contributed by atoms with van der Waals surface area (Å²) in [5.41, 5.74) is 1.41. The number of rotatable bonds is 5. The van der Waals surface area contributed by atoms with Gasteiger partial charge < -0.3 is 10.2 Å². The zero-order chi connectivity index (χ0) is 19.4. The zero-order valence-corrected chi connectivity index (χ0v) is 15.6. The molecule has 1 saturated heterocycles. The molecule has 1 aliphatic heterocycles. The lowest BCUT2D eigenvalue weighted by Crippen LogP contribution is -2.37. The van der Waals surface area contributed by atoms with Gasteiger partial charge in [-0.25, -0.2) is 0 Å². The third-order valence-electron chi connectivity index (χ3n) is 5.02. The van der Waals surface area contributed by atoms with Gasteiger partial charge in [0.2, 0.25) is 0 Å². The summed E-state index contributed by atoms with van der Waals surface area (Å²) in [6, 6.07) is 9.98. The molecular weight excluding hydrogens is 344 g/mol. The third-order valence-corrected chi connectivity index (χ3v) is 5.02. The van der Waals surface area contributed by atoms with Crippen LogP contribution in [0.15, 0.2) is 42.6 Å². The van der Waals surface area contributed by atoms with E-state index in [0.717, 1.165) is 18.5 Å². The molecule has 1 unspecified atom stereocenters. The number of nitro benzene ring substituents is 1. The minimum absolute atomic E-state index is 0.103. The number of likely N-dealkylation sites (tertiary alicyclic amines) is 1. The molecule has 0 spiro atoms. The van der Waals surface area contributed by atoms with Crippen LogP contribution in [0.3, 0.4) is 0 Å². The molecule has 1 atom stereocenters. The highest BCUT2D eigenvalue weighted by Crippen LogP contribution is 2.30. The van der Waals surface area contributed by atoms with E-state index in [-0.39, 0.29) is 17.6 Å². The van der Waals surface area contributed by atoms with Gasteiger partial charge in [-0.2, -0.15) is 0 Å². The molecule has 0 aliphatic carbocycles. The Balaban J connectivity index is 1.80. The molecule has 0 saturated carbocycles. The number of hydrogen-bond acceptors (Lipinski definition) is 5. The van der Waals surface area contributed by atoms with Crippen LogP contribution in [0.5, 0.6) is 0 Å². The Morgan fingerprint density at radius 1 is 1.30 bits per heavy atom. The number of nitrogens with one attached hydrogen (secondary N) is 1. The first-order chi connectivity index (χ1) is 13.0. The van der Waals surface area contributed by atoms with Crippen molar-refractivity contribution in [3.05, 3.63) is 64.0 Å². The number of benzene rings is 1. The second-order valence-electron chi connectivity index (χ2n) is 7.08. The smallest absolute Gasteiger partial charge is 0.293 e. The summed E-state index contributed by atoms with van der Waals surface area (Å²) in [7, 11) is 0. The van der Waals surface area contributed by atoms with Gasteiger partial charge in [0.15, 0.2) is 0 Å². The molecule has 142 valence electrons. The predicted molar refractivity (Wildman–Crippen MR) is 104 cm³/mol. The maximum absolute atomic E-state index is 12.7. The van der Waals surface area contributed by atoms with Gasteiger partial charge in [0, 0.05) is 30.9 Å². The molecule has 1 N–H and O–H groups in total. The fourth-order valence-electron chi connectivity index (χ4n) is 3.27. The lowest BCUT2D eigenvalue weighted by Gasteiger charge is -2.30. The molecule has 27 heavy (non-hydrogen) atoms. The van der Waals surface area contributed by atoms with Gasteiger partial charge in [-0.15, -0.1) is 0 Å². The standard InChI is InChI=1S/C20H24N4O3/c1-14-8-11-23(12-9-14)20(25)16-6-7-18(19(13-16)24(26)27)22-15(2)17-5-3-4-10-21-17/h3-7,10,13-15,22H,8-9,11-12H2,1-2H3. The van der Waals surface area contributed by atoms with Gasteiger partial charge in [-0.1, -0.05) is 13.0 Å². The Bertz CT molecular complexity index is 817. The first-order valence-corrected chi connectivity index (χ1v) is 9.21. The summed E-state index contributed by atoms with van der Waals surface area (Å²) < 4.78 is 0. The summed E-state index contributed by atoms with van der Waals surface area (Å²) in [6.45, 7) is 5.46. The quantitative estimate of drug-likeness (QED) is 0.636. The topological polar surface area (TPSA) is 88.4 Å². The van der Waals surface area contributed by atoms with Crippen LogP contribution < -0.4 is 5.32 Å². The summed E-state index contributed by atoms with van der Waals surface area (Å²) in [5, 5.41) is 14.7. The SMILES string of the molecule is CC1CCN(C(=O)c2ccc(NC(C)c3ccccn3)c([N+](=O)[O-])c2)CC1. The lowest BCUT2D eigenvalue weighted by atomic mass is 9.98. The largest absolute Gasteiger partial charge is 0.371 e. The number of nitrogens with zero attached hydrogens (tertiary/aromatic N) is 3. The van der Waals surface area contributed by atoms with E-state index in [1.54, 1.807) is 23.2 Å². The average molecular weight is 368 g/mol. The molecule has 0 bridgehead atoms. The summed E-state index contributed by atoms with van der Waals surface area (Å²) >= 11 is 0. The molecule has 1 aromatic carbocycles. The van der Waals surface area contributed by atoms with Crippen molar-refractivity contribution < 1.29 is 9.72 Å². The summed E-state index contributed by atoms with van der Waals surface area (Å²) in [5.74, 6) is 0.470. The van der Waals surface area contributed by atoms with Crippen molar-refractivity contribution in [1.82, 2.24) is 9.88 Å². The zero-order valence-electron chi connectivity index (χ0n) is 15.6. The number of carbonyl (C=O) groups excluding carboxylic acids is 1. The van der Waals surface area contributed by atoms with Crippen LogP contribution in [-0.2, 0) is 0 Å². The molecule has 1 amide bonds. The minimum atomic E-state index is -0.456. The summed E-state index contributed by atoms with van der Waals surface area (Å²) in [6.07, 6.45) is 3.62. The van der Waals surface area contributed by atoms with Crippen molar-refractivity contribution in [1.29, 1.82) is 0 Å². The van der Waals surface area contributed by atoms with E-state index < -0.39 is 4.92 Å². The van der Waals surface area contributed by atoms with Crippen molar-refractivity contribution in [2.45, 2.75) is 32.7 Å². The van der Waals surface area contributed by atoms with Crippen LogP contribution in [0, 0.1) is 16.0 Å². The predicted octanol–water partition coefficient (Wildman–Crippen LogP) is 4.04. The van der Waals surface area contributed by atoms with E-state index in [0.29, 0.717) is 30.3 Å². The molecule has 7 heteroatoms. The third kappa shape index (κ3) is 4.42. The minimum Gasteiger partial charge on any atom is -0.371 e. The maximum Gasteiger partial charge on any atom is 0.293 e. The molecular formula is C20H24N4O3. The van der Waals surface area contributed by atoms with E-state index in [2.05, 4.69) is 17.2 Å². The van der Waals surface area contributed by atoms with Gasteiger partial charge in [0.05, 0.1) is 16.7 Å². The van der Waals surface area contributed by atoms with E-state index in [9.17, 15) is 14.9 Å². The van der Waals surface area contributed by atoms with E-state index in [1.807, 2.05) is 25.1 Å². The Morgan fingerprint density at radius 2 is 2.04 bits per heavy atom. The number of carbonyl (C=O) groups is 1. The highest BCUT2D eigenvalue weighted by atomic mass is 16.6. The highest BCUT2D eigenvalue weighted by Gasteiger charge is 2.24. The molecule has 1 aliphatic rings. The van der Waals surface area contributed by atoms with Gasteiger partial charge in [-0.3, -0.25) is 19.9 Å². The molecule has 3 rings (SSSR count). The van der Waals surface area contributed by atoms with Crippen molar-refractivity contribution >= 4 is 17.3 Å². The van der Waals surface area contributed by atoms with Crippen molar-refractivity contribution in [2.24, 2.45) is 5.92 Å². The van der Waals surface area contributed by atoms with Crippen molar-refractivity contribution in [2.75, 3.05) is 18.4 Å². The second-order valence-corrected chi connectivity index (χ2v) is 7.08. The van der Waals surface area contributed by atoms with E-state index in [4.69, 9.17) is 0 Å². The number of piperidine rings is 1. The molecule has 2 heterocycles. The monoisotopic (exact) mass is 368 g/mol. The molecule has 0 radical (unpaired) electrons. The van der Waals surface area contributed by atoms with Crippen molar-refractivity contribution in [3.63, 3.8) is 0 Å². The normalized spacial score (nSPS) is 16.0. The Hall–Kier alpha value is -2.96. The van der Waals surface area contributed by atoms with Gasteiger partial charge in [0.25, 0.3) is 11.6 Å². The van der Waals surface area contributed by atoms with Crippen LogP contribution in [0.2, 0.25) is 0 Å². The van der Waals surface area contributed by atoms with Crippen molar-refractivity contribution in [3.8, 4) is 0 Å². The number of aromatic nitrogens is 1. The van der Waals surface area contributed by atoms with Gasteiger partial charge >= 0.3 is 0 Å². The van der Waals surface area contributed by atoms with E-state index >= 15 is 0 Å². The summed E-state index contributed by atoms with van der Waals surface area (Å²) in [4.78, 5) is 29.9. The first kappa shape index (κ1) is 18.8. The van der Waals surface area contributed by atoms with Crippen LogP contribution in [-0.4, -0.2) is 33.8 Å². The molecule has 2 aromatic rings. The first-order valence-electron chi connectivity index (χ1n) is 9.21. The fraction of sp³-hybridized carbons (Fsp3) is 0.400. The van der Waals surface area contributed by atoms with Gasteiger partial charge in [0.1, 0.15) is 5.69 Å². The lowest BCUT2D eigenvalue weighted by molar-refractivity contribution is -0.384. The van der Waals surface area contributed by atoms with E-state index in [1.165, 1.54) is 6.07 Å². The van der Waals surface area contributed by atoms with Crippen LogP contribution in [0.25, 0.3) is 0 Å². The van der Waals surface area contributed by atoms with Crippen LogP contribution >= 0.6 is 0 Å². The Labute approximate surface area is 158 Å². The molecule has 1 fully saturated rings. The number of hydrogen-bond donors (Lipinski definition) is 1. The fourth-order valence-corrected chi connectivity index (χ4v) is 3.27. The number of pyridine rings is 1. The molecule has 7 nitrogen and oxygen atoms in total. The second kappa shape index (κ2) is 8.16. The number of nitro groups is 1.